The summed E-state index contributed by atoms with van der Waals surface area (Å²) in [5.74, 6) is 1.03. The van der Waals surface area contributed by atoms with Gasteiger partial charge in [-0.2, -0.15) is 0 Å². The van der Waals surface area contributed by atoms with Crippen LogP contribution in [0.2, 0.25) is 0 Å². The zero-order valence-electron chi connectivity index (χ0n) is 22.7. The number of benzene rings is 3. The largest absolute Gasteiger partial charge is 0.507 e. The molecule has 0 unspecified atom stereocenters. The summed E-state index contributed by atoms with van der Waals surface area (Å²) in [6.07, 6.45) is 14.9. The van der Waals surface area contributed by atoms with Crippen molar-refractivity contribution in [3.05, 3.63) is 80.4 Å². The highest BCUT2D eigenvalue weighted by atomic mass is 79.9. The summed E-state index contributed by atoms with van der Waals surface area (Å²) in [6, 6.07) is 7.35. The first-order valence-electron chi connectivity index (χ1n) is 13.4. The van der Waals surface area contributed by atoms with E-state index >= 15 is 0 Å². The summed E-state index contributed by atoms with van der Waals surface area (Å²) < 4.78 is 6.82. The number of aromatic hydroxyl groups is 3. The van der Waals surface area contributed by atoms with E-state index in [1.807, 2.05) is 74.5 Å². The third-order valence-corrected chi connectivity index (χ3v) is 8.86. The van der Waals surface area contributed by atoms with Gasteiger partial charge < -0.3 is 25.0 Å². The second kappa shape index (κ2) is 9.98. The third-order valence-electron chi connectivity index (χ3n) is 7.96. The molecule has 204 valence electrons. The summed E-state index contributed by atoms with van der Waals surface area (Å²) in [4.78, 5) is 6.59. The van der Waals surface area contributed by atoms with Crippen molar-refractivity contribution < 1.29 is 20.1 Å². The Balaban J connectivity index is 1.49. The van der Waals surface area contributed by atoms with Crippen molar-refractivity contribution >= 4 is 55.7 Å². The van der Waals surface area contributed by atoms with Crippen LogP contribution in [0.1, 0.15) is 30.2 Å². The van der Waals surface area contributed by atoms with E-state index in [4.69, 9.17) is 4.74 Å². The number of pyridine rings is 1. The van der Waals surface area contributed by atoms with Gasteiger partial charge in [0, 0.05) is 60.2 Å². The monoisotopic (exact) mass is 598 g/mol. The molecule has 1 aromatic heterocycles. The fourth-order valence-corrected chi connectivity index (χ4v) is 6.71. The summed E-state index contributed by atoms with van der Waals surface area (Å²) in [7, 11) is 3.97. The Bertz CT molecular complexity index is 1880. The van der Waals surface area contributed by atoms with Crippen molar-refractivity contribution in [1.29, 1.82) is 0 Å². The molecule has 0 radical (unpaired) electrons. The third kappa shape index (κ3) is 4.16. The molecule has 4 aromatic rings. The van der Waals surface area contributed by atoms with Crippen molar-refractivity contribution in [3.63, 3.8) is 0 Å². The lowest BCUT2D eigenvalue weighted by atomic mass is 9.81. The molecule has 6 nitrogen and oxygen atoms in total. The summed E-state index contributed by atoms with van der Waals surface area (Å²) in [5.41, 5.74) is 1.95. The van der Waals surface area contributed by atoms with Gasteiger partial charge in [-0.15, -0.1) is 0 Å². The number of halogens is 1. The molecule has 0 bridgehead atoms. The molecule has 40 heavy (non-hydrogen) atoms. The standard InChI is InChI=1S/C33H31BrN2O4/c1-4-5-6-7-19-14-23-27(18-35-19)32(39)28-22(29(23)34)10-11-33(28)16-25-26(17-33)31(38)24-15-20(40-13-12-36(2)3)8-9-21(24)30(25)37/h4-9,14-18,37-39H,10-13H2,1-3H3/t33-/m0/s1. The maximum absolute atomic E-state index is 11.6. The van der Waals surface area contributed by atoms with Gasteiger partial charge in [0.25, 0.3) is 0 Å². The van der Waals surface area contributed by atoms with Crippen molar-refractivity contribution in [3.8, 4) is 23.0 Å². The molecule has 0 saturated heterocycles. The molecule has 7 heteroatoms. The van der Waals surface area contributed by atoms with Gasteiger partial charge in [0.15, 0.2) is 0 Å². The predicted molar refractivity (Wildman–Crippen MR) is 164 cm³/mol. The number of nitrogens with zero attached hydrogens (tertiary/aromatic N) is 2. The Morgan fingerprint density at radius 3 is 2.45 bits per heavy atom. The molecule has 0 fully saturated rings. The highest BCUT2D eigenvalue weighted by Crippen LogP contribution is 2.53. The average molecular weight is 600 g/mol. The average Bonchev–Trinajstić information content (AvgIpc) is 3.52. The second-order valence-corrected chi connectivity index (χ2v) is 11.6. The fourth-order valence-electron chi connectivity index (χ4n) is 5.99. The number of ether oxygens (including phenoxy) is 1. The van der Waals surface area contributed by atoms with Crippen molar-refractivity contribution in [2.75, 3.05) is 27.2 Å². The van der Waals surface area contributed by atoms with E-state index in [1.165, 1.54) is 0 Å². The van der Waals surface area contributed by atoms with E-state index in [0.29, 0.717) is 45.4 Å². The number of aromatic nitrogens is 1. The molecular weight excluding hydrogens is 568 g/mol. The minimum atomic E-state index is -0.666. The number of allylic oxidation sites excluding steroid dienone is 3. The molecular formula is C33H31BrN2O4. The minimum absolute atomic E-state index is 0.0982. The zero-order chi connectivity index (χ0) is 28.2. The molecule has 0 saturated carbocycles. The molecule has 0 amide bonds. The van der Waals surface area contributed by atoms with E-state index in [-0.39, 0.29) is 17.2 Å². The number of phenols is 3. The highest BCUT2D eigenvalue weighted by Gasteiger charge is 2.42. The van der Waals surface area contributed by atoms with E-state index in [2.05, 4.69) is 20.9 Å². The highest BCUT2D eigenvalue weighted by molar-refractivity contribution is 9.10. The van der Waals surface area contributed by atoms with Crippen LogP contribution in [0.3, 0.4) is 0 Å². The van der Waals surface area contributed by atoms with Crippen molar-refractivity contribution in [2.24, 2.45) is 0 Å². The van der Waals surface area contributed by atoms with Crippen LogP contribution in [0, 0.1) is 0 Å². The van der Waals surface area contributed by atoms with Crippen LogP contribution < -0.4 is 15.2 Å². The maximum atomic E-state index is 11.6. The van der Waals surface area contributed by atoms with Crippen molar-refractivity contribution in [1.82, 2.24) is 9.88 Å². The predicted octanol–water partition coefficient (Wildman–Crippen LogP) is 5.26. The van der Waals surface area contributed by atoms with E-state index in [9.17, 15) is 15.3 Å². The number of likely N-dealkylation sites (N-methyl/N-ethyl adjacent to an activating group) is 1. The lowest BCUT2D eigenvalue weighted by Gasteiger charge is -2.23. The SMILES string of the molecule is CC=CC=Cc1cc2c(Br)c3c(c(O)c2cn1)[C@]1(C=c2c(O)c4ccc(OCCN(C)C)cc4c(O)c2=C1)CC3. The lowest BCUT2D eigenvalue weighted by molar-refractivity contribution is 0.261. The molecule has 2 aliphatic rings. The second-order valence-electron chi connectivity index (χ2n) is 10.8. The Morgan fingerprint density at radius 1 is 0.975 bits per heavy atom. The van der Waals surface area contributed by atoms with Gasteiger partial charge in [0.2, 0.25) is 0 Å². The smallest absolute Gasteiger partial charge is 0.131 e. The first kappa shape index (κ1) is 26.4. The van der Waals surface area contributed by atoms with Gasteiger partial charge in [0.05, 0.1) is 5.69 Å². The number of phenolic OH excluding ortho intramolecular Hbond substituents is 3. The van der Waals surface area contributed by atoms with E-state index in [1.54, 1.807) is 18.3 Å². The first-order valence-corrected chi connectivity index (χ1v) is 14.2. The van der Waals surface area contributed by atoms with Gasteiger partial charge in [-0.25, -0.2) is 0 Å². The summed E-state index contributed by atoms with van der Waals surface area (Å²) >= 11 is 3.83. The molecule has 3 N–H and O–H groups in total. The quantitative estimate of drug-likeness (QED) is 0.207. The van der Waals surface area contributed by atoms with Gasteiger partial charge >= 0.3 is 0 Å². The molecule has 1 atom stereocenters. The first-order chi connectivity index (χ1) is 19.2. The topological polar surface area (TPSA) is 86.1 Å². The van der Waals surface area contributed by atoms with Gasteiger partial charge in [0.1, 0.15) is 29.6 Å². The number of fused-ring (bicyclic) bond motifs is 5. The summed E-state index contributed by atoms with van der Waals surface area (Å²) in [6.45, 7) is 3.24. The normalized spacial score (nSPS) is 17.8. The van der Waals surface area contributed by atoms with E-state index in [0.717, 1.165) is 39.6 Å². The molecule has 0 aliphatic heterocycles. The Morgan fingerprint density at radius 2 is 1.73 bits per heavy atom. The van der Waals surface area contributed by atoms with Gasteiger partial charge in [-0.1, -0.05) is 30.4 Å². The molecule has 2 aliphatic carbocycles. The lowest BCUT2D eigenvalue weighted by Crippen LogP contribution is -2.22. The number of hydrogen-bond donors (Lipinski definition) is 3. The van der Waals surface area contributed by atoms with E-state index < -0.39 is 5.41 Å². The maximum Gasteiger partial charge on any atom is 0.131 e. The molecule has 1 heterocycles. The number of rotatable bonds is 6. The fraction of sp³-hybridized carbons (Fsp3) is 0.242. The van der Waals surface area contributed by atoms with Crippen LogP contribution in [-0.2, 0) is 11.8 Å². The Hall–Kier alpha value is -3.81. The van der Waals surface area contributed by atoms with Crippen LogP contribution in [0.4, 0.5) is 0 Å². The van der Waals surface area contributed by atoms with Gasteiger partial charge in [-0.05, 0) is 85.7 Å². The molecule has 6 rings (SSSR count). The van der Waals surface area contributed by atoms with Gasteiger partial charge in [-0.3, -0.25) is 4.98 Å². The van der Waals surface area contributed by atoms with Crippen molar-refractivity contribution in [2.45, 2.75) is 25.2 Å². The number of hydrogen-bond acceptors (Lipinski definition) is 6. The molecule has 3 aromatic carbocycles. The molecule has 1 spiro atoms. The Kier molecular flexibility index (Phi) is 6.59. The van der Waals surface area contributed by atoms with Crippen LogP contribution in [0.15, 0.2) is 53.2 Å². The van der Waals surface area contributed by atoms with Crippen LogP contribution in [0.5, 0.6) is 23.0 Å². The Labute approximate surface area is 241 Å². The van der Waals surface area contributed by atoms with Crippen LogP contribution >= 0.6 is 15.9 Å². The van der Waals surface area contributed by atoms with Crippen LogP contribution in [0.25, 0.3) is 39.8 Å². The van der Waals surface area contributed by atoms with Crippen LogP contribution in [-0.4, -0.2) is 52.5 Å². The summed E-state index contributed by atoms with van der Waals surface area (Å²) in [5, 5.41) is 38.2. The minimum Gasteiger partial charge on any atom is -0.507 e. The zero-order valence-corrected chi connectivity index (χ0v) is 24.3.